The molecule has 1 aliphatic heterocycles. The van der Waals surface area contributed by atoms with Crippen LogP contribution >= 0.6 is 11.8 Å². The van der Waals surface area contributed by atoms with Gasteiger partial charge in [-0.25, -0.2) is 4.79 Å². The van der Waals surface area contributed by atoms with Crippen LogP contribution in [0.2, 0.25) is 0 Å². The molecule has 3 rings (SSSR count). The molecule has 0 spiro atoms. The van der Waals surface area contributed by atoms with Gasteiger partial charge >= 0.3 is 17.8 Å². The summed E-state index contributed by atoms with van der Waals surface area (Å²) in [6.45, 7) is 1.61. The molecule has 1 aromatic heterocycles. The number of nitrogens with zero attached hydrogens (tertiary/aromatic N) is 2. The van der Waals surface area contributed by atoms with E-state index in [0.717, 1.165) is 30.0 Å². The number of hydrogen-bond donors (Lipinski definition) is 0. The van der Waals surface area contributed by atoms with E-state index in [0.29, 0.717) is 18.6 Å². The summed E-state index contributed by atoms with van der Waals surface area (Å²) in [7, 11) is 0. The van der Waals surface area contributed by atoms with Crippen molar-refractivity contribution in [3.63, 3.8) is 0 Å². The van der Waals surface area contributed by atoms with Gasteiger partial charge in [-0.1, -0.05) is 0 Å². The molecular formula is C17H15F3N2O5S. The van der Waals surface area contributed by atoms with E-state index < -0.39 is 50.3 Å². The van der Waals surface area contributed by atoms with Gasteiger partial charge in [-0.3, -0.25) is 4.79 Å². The van der Waals surface area contributed by atoms with Crippen LogP contribution in [0.25, 0.3) is 11.0 Å². The number of esters is 1. The third-order valence-corrected chi connectivity index (χ3v) is 5.66. The molecule has 2 heterocycles. The number of benzene rings is 1. The summed E-state index contributed by atoms with van der Waals surface area (Å²) in [6, 6.07) is 2.97. The number of hydrogen-bond acceptors (Lipinski definition) is 6. The Morgan fingerprint density at radius 1 is 1.39 bits per heavy atom. The van der Waals surface area contributed by atoms with Gasteiger partial charge in [-0.05, 0) is 37.7 Å². The van der Waals surface area contributed by atoms with Crippen LogP contribution in [0.4, 0.5) is 13.2 Å². The Bertz CT molecular complexity index is 1010. The molecule has 0 saturated carbocycles. The molecule has 0 N–H and O–H groups in total. The fourth-order valence-corrected chi connectivity index (χ4v) is 4.25. The molecule has 150 valence electrons. The number of alkyl halides is 3. The third kappa shape index (κ3) is 3.46. The van der Waals surface area contributed by atoms with E-state index >= 15 is 0 Å². The molecule has 28 heavy (non-hydrogen) atoms. The maximum Gasteiger partial charge on any atom is 0.438 e. The lowest BCUT2D eigenvalue weighted by Crippen LogP contribution is -2.37. The van der Waals surface area contributed by atoms with Gasteiger partial charge in [0.25, 0.3) is 5.52 Å². The Morgan fingerprint density at radius 3 is 2.68 bits per heavy atom. The fourth-order valence-electron chi connectivity index (χ4n) is 3.04. The summed E-state index contributed by atoms with van der Waals surface area (Å²) in [5, 5.41) is 11.6. The van der Waals surface area contributed by atoms with Crippen LogP contribution in [0.15, 0.2) is 18.2 Å². The lowest BCUT2D eigenvalue weighted by molar-refractivity contribution is -0.470. The highest BCUT2D eigenvalue weighted by molar-refractivity contribution is 8.00. The van der Waals surface area contributed by atoms with Gasteiger partial charge in [-0.15, -0.1) is 11.8 Å². The fraction of sp³-hybridized carbons (Fsp3) is 0.412. The number of halogens is 3. The highest BCUT2D eigenvalue weighted by Crippen LogP contribution is 2.35. The van der Waals surface area contributed by atoms with Crippen molar-refractivity contribution in [2.45, 2.75) is 31.2 Å². The summed E-state index contributed by atoms with van der Waals surface area (Å²) in [6.07, 6.45) is -4.27. The van der Waals surface area contributed by atoms with E-state index in [2.05, 4.69) is 0 Å². The van der Waals surface area contributed by atoms with Crippen LogP contribution in [-0.2, 0) is 10.9 Å². The number of aromatic nitrogens is 2. The number of thioether (sulfide) groups is 1. The van der Waals surface area contributed by atoms with Gasteiger partial charge < -0.3 is 14.7 Å². The van der Waals surface area contributed by atoms with Crippen molar-refractivity contribution in [3.05, 3.63) is 45.3 Å². The number of ketones is 1. The zero-order chi connectivity index (χ0) is 20.6. The van der Waals surface area contributed by atoms with Gasteiger partial charge in [0.05, 0.1) is 21.8 Å². The largest absolute Gasteiger partial charge is 0.805 e. The van der Waals surface area contributed by atoms with Crippen molar-refractivity contribution in [1.29, 1.82) is 0 Å². The summed E-state index contributed by atoms with van der Waals surface area (Å²) in [5.74, 6) is -1.27. The van der Waals surface area contributed by atoms with Gasteiger partial charge in [-0.2, -0.15) is 13.2 Å². The van der Waals surface area contributed by atoms with E-state index in [9.17, 15) is 32.9 Å². The van der Waals surface area contributed by atoms with E-state index in [1.165, 1.54) is 0 Å². The first kappa shape index (κ1) is 20.2. The maximum absolute atomic E-state index is 13.6. The first-order chi connectivity index (χ1) is 13.2. The van der Waals surface area contributed by atoms with Crippen molar-refractivity contribution < 1.29 is 31.9 Å². The first-order valence-corrected chi connectivity index (χ1v) is 9.44. The Hall–Kier alpha value is -2.56. The molecule has 1 unspecified atom stereocenters. The third-order valence-electron chi connectivity index (χ3n) is 4.28. The quantitative estimate of drug-likeness (QED) is 0.432. The molecule has 7 nitrogen and oxygen atoms in total. The topological polar surface area (TPSA) is 94.3 Å². The van der Waals surface area contributed by atoms with Crippen molar-refractivity contribution >= 4 is 34.5 Å². The molecular weight excluding hydrogens is 401 g/mol. The predicted octanol–water partition coefficient (Wildman–Crippen LogP) is 3.18. The number of rotatable bonds is 4. The minimum atomic E-state index is -5.21. The molecule has 1 fully saturated rings. The van der Waals surface area contributed by atoms with Crippen molar-refractivity contribution in [2.75, 3.05) is 12.4 Å². The highest BCUT2D eigenvalue weighted by atomic mass is 32.2. The molecule has 0 aliphatic carbocycles. The first-order valence-electron chi connectivity index (χ1n) is 8.39. The molecule has 1 aromatic carbocycles. The summed E-state index contributed by atoms with van der Waals surface area (Å²) < 4.78 is 44.8. The van der Waals surface area contributed by atoms with Gasteiger partial charge in [0.2, 0.25) is 11.5 Å². The number of ether oxygens (including phenoxy) is 1. The van der Waals surface area contributed by atoms with Crippen LogP contribution in [0.5, 0.6) is 0 Å². The second kappa shape index (κ2) is 7.46. The van der Waals surface area contributed by atoms with E-state index in [-0.39, 0.29) is 16.6 Å². The second-order valence-corrected chi connectivity index (χ2v) is 7.38. The predicted molar refractivity (Wildman–Crippen MR) is 94.8 cm³/mol. The van der Waals surface area contributed by atoms with Crippen LogP contribution in [0.3, 0.4) is 0 Å². The Balaban J connectivity index is 2.31. The molecule has 1 aliphatic rings. The number of carbonyl (C=O) groups is 2. The zero-order valence-corrected chi connectivity index (χ0v) is 15.4. The minimum absolute atomic E-state index is 0.0471. The molecule has 2 aromatic rings. The monoisotopic (exact) mass is 416 g/mol. The standard InChI is InChI=1S/C17H15F3N2O5S/c1-2-27-16(24)9-5-6-10-11(8-9)21(25)13(14(23)12-4-3-7-28-12)15(22(10)26)17(18,19)20/h5-6,8,12H,2-4,7H2,1H3. The summed E-state index contributed by atoms with van der Waals surface area (Å²) >= 11 is 1.14. The molecule has 0 bridgehead atoms. The Kier molecular flexibility index (Phi) is 5.37. The average molecular weight is 416 g/mol. The lowest BCUT2D eigenvalue weighted by Gasteiger charge is -2.21. The average Bonchev–Trinajstić information content (AvgIpc) is 3.17. The maximum atomic E-state index is 13.6. The lowest BCUT2D eigenvalue weighted by atomic mass is 10.1. The van der Waals surface area contributed by atoms with Crippen LogP contribution in [0.1, 0.15) is 46.3 Å². The highest BCUT2D eigenvalue weighted by Gasteiger charge is 2.47. The molecule has 0 amide bonds. The Labute approximate surface area is 160 Å². The van der Waals surface area contributed by atoms with Crippen molar-refractivity contribution in [2.24, 2.45) is 0 Å². The number of carbonyl (C=O) groups excluding carboxylic acids is 2. The molecule has 1 atom stereocenters. The Morgan fingerprint density at radius 2 is 2.11 bits per heavy atom. The molecule has 11 heteroatoms. The second-order valence-electron chi connectivity index (χ2n) is 6.07. The summed E-state index contributed by atoms with van der Waals surface area (Å²) in [4.78, 5) is 37.3. The summed E-state index contributed by atoms with van der Waals surface area (Å²) in [5.41, 5.74) is -4.34. The van der Waals surface area contributed by atoms with Gasteiger partial charge in [0.1, 0.15) is 5.52 Å². The zero-order valence-electron chi connectivity index (χ0n) is 14.6. The van der Waals surface area contributed by atoms with Crippen LogP contribution in [-0.4, -0.2) is 34.1 Å². The van der Waals surface area contributed by atoms with E-state index in [1.807, 2.05) is 0 Å². The SMILES string of the molecule is CCOC(=O)c1ccc2c(c1)[n+](=O)c(C(=O)C1CCCS1)c(C(F)(F)F)n2[O-]. The van der Waals surface area contributed by atoms with Crippen LogP contribution < -0.4 is 4.43 Å². The van der Waals surface area contributed by atoms with Crippen molar-refractivity contribution in [3.8, 4) is 0 Å². The minimum Gasteiger partial charge on any atom is -0.805 e. The van der Waals surface area contributed by atoms with Crippen LogP contribution in [0, 0.1) is 10.1 Å². The molecule has 1 saturated heterocycles. The normalized spacial score (nSPS) is 17.1. The van der Waals surface area contributed by atoms with E-state index in [4.69, 9.17) is 4.74 Å². The van der Waals surface area contributed by atoms with E-state index in [1.54, 1.807) is 6.92 Å². The van der Waals surface area contributed by atoms with Gasteiger partial charge in [0, 0.05) is 11.0 Å². The van der Waals surface area contributed by atoms with Gasteiger partial charge in [0.15, 0.2) is 0 Å². The number of fused-ring (bicyclic) bond motifs is 1. The number of Topliss-reactive ketones (excluding diaryl/α,β-unsaturated/α-hetero) is 1. The molecule has 0 radical (unpaired) electrons. The van der Waals surface area contributed by atoms with Crippen molar-refractivity contribution in [1.82, 2.24) is 4.73 Å². The smallest absolute Gasteiger partial charge is 0.438 e.